The van der Waals surface area contributed by atoms with Crippen LogP contribution in [0.3, 0.4) is 0 Å². The summed E-state index contributed by atoms with van der Waals surface area (Å²) < 4.78 is 6.31. The van der Waals surface area contributed by atoms with Gasteiger partial charge < -0.3 is 4.74 Å². The predicted molar refractivity (Wildman–Crippen MR) is 118 cm³/mol. The largest absolute Gasteiger partial charge is 0.451 e. The number of thiazole rings is 2. The molecule has 4 rings (SSSR count). The Labute approximate surface area is 179 Å². The molecule has 0 saturated heterocycles. The third kappa shape index (κ3) is 4.07. The Morgan fingerprint density at radius 1 is 1.10 bits per heavy atom. The highest BCUT2D eigenvalue weighted by Crippen LogP contribution is 2.32. The molecule has 3 heterocycles. The monoisotopic (exact) mass is 443 g/mol. The van der Waals surface area contributed by atoms with Crippen molar-refractivity contribution in [1.29, 1.82) is 0 Å². The highest BCUT2D eigenvalue weighted by Gasteiger charge is 2.22. The number of nitrogens with zero attached hydrogens (tertiary/aromatic N) is 3. The maximum absolute atomic E-state index is 12.7. The number of anilines is 1. The first-order chi connectivity index (χ1) is 14.1. The lowest BCUT2D eigenvalue weighted by atomic mass is 10.3. The van der Waals surface area contributed by atoms with Gasteiger partial charge in [0.2, 0.25) is 0 Å². The van der Waals surface area contributed by atoms with Crippen LogP contribution in [0, 0.1) is 6.92 Å². The molecule has 0 radical (unpaired) electrons. The second-order valence-electron chi connectivity index (χ2n) is 6.09. The Bertz CT molecular complexity index is 1130. The van der Waals surface area contributed by atoms with Gasteiger partial charge in [0.15, 0.2) is 11.7 Å². The van der Waals surface area contributed by atoms with Crippen molar-refractivity contribution < 1.29 is 14.3 Å². The van der Waals surface area contributed by atoms with E-state index in [4.69, 9.17) is 4.74 Å². The molecule has 0 fully saturated rings. The van der Waals surface area contributed by atoms with E-state index in [1.54, 1.807) is 18.3 Å². The van der Waals surface area contributed by atoms with Crippen molar-refractivity contribution in [2.24, 2.45) is 0 Å². The maximum Gasteiger partial charge on any atom is 0.350 e. The standard InChI is InChI=1S/C20H17N3O3S3/c1-3-23(20-22-13-7-4-5-8-14(13)28-20)16(24)11-26-19(25)17-12(2)21-18(29-17)15-9-6-10-27-15/h4-10H,3,11H2,1-2H3. The molecule has 4 aromatic rings. The Morgan fingerprint density at radius 3 is 2.66 bits per heavy atom. The summed E-state index contributed by atoms with van der Waals surface area (Å²) in [7, 11) is 0. The number of ether oxygens (including phenoxy) is 1. The smallest absolute Gasteiger partial charge is 0.350 e. The maximum atomic E-state index is 12.7. The summed E-state index contributed by atoms with van der Waals surface area (Å²) in [4.78, 5) is 37.1. The third-order valence-corrected chi connectivity index (χ3v) is 7.41. The number of likely N-dealkylation sites (N-methyl/N-ethyl adjacent to an activating group) is 1. The van der Waals surface area contributed by atoms with Crippen molar-refractivity contribution in [1.82, 2.24) is 9.97 Å². The molecule has 0 spiro atoms. The van der Waals surface area contributed by atoms with Gasteiger partial charge >= 0.3 is 5.97 Å². The average Bonchev–Trinajstić information content (AvgIpc) is 3.45. The molecular formula is C20H17N3O3S3. The SMILES string of the molecule is CCN(C(=O)COC(=O)c1sc(-c2cccs2)nc1C)c1nc2ccccc2s1. The number of fused-ring (bicyclic) bond motifs is 1. The van der Waals surface area contributed by atoms with Gasteiger partial charge in [-0.1, -0.05) is 29.5 Å². The van der Waals surface area contributed by atoms with Crippen LogP contribution in [-0.2, 0) is 9.53 Å². The number of amides is 1. The van der Waals surface area contributed by atoms with Crippen LogP contribution in [0.15, 0.2) is 41.8 Å². The molecule has 1 amide bonds. The predicted octanol–water partition coefficient (Wildman–Crippen LogP) is 5.00. The lowest BCUT2D eigenvalue weighted by Crippen LogP contribution is -2.34. The molecule has 6 nitrogen and oxygen atoms in total. The number of thiophene rings is 1. The normalized spacial score (nSPS) is 11.0. The van der Waals surface area contributed by atoms with E-state index in [0.29, 0.717) is 22.2 Å². The van der Waals surface area contributed by atoms with Gasteiger partial charge in [-0.2, -0.15) is 0 Å². The van der Waals surface area contributed by atoms with E-state index in [1.165, 1.54) is 27.6 Å². The zero-order valence-electron chi connectivity index (χ0n) is 15.7. The van der Waals surface area contributed by atoms with Crippen molar-refractivity contribution in [2.75, 3.05) is 18.1 Å². The van der Waals surface area contributed by atoms with Gasteiger partial charge in [-0.25, -0.2) is 14.8 Å². The molecule has 0 bridgehead atoms. The summed E-state index contributed by atoms with van der Waals surface area (Å²) in [6, 6.07) is 11.6. The fourth-order valence-electron chi connectivity index (χ4n) is 2.76. The van der Waals surface area contributed by atoms with Crippen molar-refractivity contribution in [3.05, 3.63) is 52.3 Å². The first-order valence-electron chi connectivity index (χ1n) is 8.91. The van der Waals surface area contributed by atoms with Crippen molar-refractivity contribution in [2.45, 2.75) is 13.8 Å². The quantitative estimate of drug-likeness (QED) is 0.392. The molecule has 0 aliphatic rings. The highest BCUT2D eigenvalue weighted by molar-refractivity contribution is 7.22. The molecule has 0 atom stereocenters. The lowest BCUT2D eigenvalue weighted by Gasteiger charge is -2.17. The van der Waals surface area contributed by atoms with E-state index in [-0.39, 0.29) is 12.5 Å². The van der Waals surface area contributed by atoms with E-state index in [9.17, 15) is 9.59 Å². The number of benzene rings is 1. The summed E-state index contributed by atoms with van der Waals surface area (Å²) in [5.41, 5.74) is 1.45. The molecule has 3 aromatic heterocycles. The number of carbonyl (C=O) groups excluding carboxylic acids is 2. The summed E-state index contributed by atoms with van der Waals surface area (Å²) in [5.74, 6) is -0.836. The molecule has 29 heavy (non-hydrogen) atoms. The van der Waals surface area contributed by atoms with Crippen LogP contribution < -0.4 is 4.90 Å². The number of hydrogen-bond donors (Lipinski definition) is 0. The average molecular weight is 444 g/mol. The van der Waals surface area contributed by atoms with Crippen LogP contribution in [0.1, 0.15) is 22.3 Å². The first-order valence-corrected chi connectivity index (χ1v) is 11.4. The second-order valence-corrected chi connectivity index (χ2v) is 9.05. The van der Waals surface area contributed by atoms with Gasteiger partial charge in [0, 0.05) is 6.54 Å². The van der Waals surface area contributed by atoms with Crippen molar-refractivity contribution >= 4 is 61.2 Å². The fourth-order valence-corrected chi connectivity index (χ4v) is 5.56. The van der Waals surface area contributed by atoms with Crippen LogP contribution >= 0.6 is 34.0 Å². The molecule has 1 aromatic carbocycles. The molecular weight excluding hydrogens is 426 g/mol. The van der Waals surface area contributed by atoms with Crippen molar-refractivity contribution in [3.63, 3.8) is 0 Å². The van der Waals surface area contributed by atoms with Crippen LogP contribution in [-0.4, -0.2) is 35.0 Å². The van der Waals surface area contributed by atoms with Gasteiger partial charge in [-0.05, 0) is 37.4 Å². The number of esters is 1. The van der Waals surface area contributed by atoms with E-state index in [2.05, 4.69) is 9.97 Å². The van der Waals surface area contributed by atoms with Crippen LogP contribution in [0.4, 0.5) is 5.13 Å². The topological polar surface area (TPSA) is 72.4 Å². The van der Waals surface area contributed by atoms with Gasteiger partial charge in [-0.15, -0.1) is 22.7 Å². The molecule has 0 aliphatic carbocycles. The first kappa shape index (κ1) is 19.7. The minimum atomic E-state index is -0.531. The van der Waals surface area contributed by atoms with E-state index in [0.717, 1.165) is 20.1 Å². The Morgan fingerprint density at radius 2 is 1.93 bits per heavy atom. The minimum absolute atomic E-state index is 0.305. The van der Waals surface area contributed by atoms with Crippen LogP contribution in [0.5, 0.6) is 0 Å². The molecule has 9 heteroatoms. The van der Waals surface area contributed by atoms with Crippen LogP contribution in [0.2, 0.25) is 0 Å². The Hall–Kier alpha value is -2.62. The van der Waals surface area contributed by atoms with Gasteiger partial charge in [0.05, 0.1) is 20.8 Å². The number of aryl methyl sites for hydroxylation is 1. The summed E-state index contributed by atoms with van der Waals surface area (Å²) in [5, 5.41) is 3.34. The zero-order chi connectivity index (χ0) is 20.4. The molecule has 148 valence electrons. The molecule has 0 unspecified atom stereocenters. The van der Waals surface area contributed by atoms with E-state index in [1.807, 2.05) is 48.7 Å². The molecule has 0 aliphatic heterocycles. The number of aromatic nitrogens is 2. The number of carbonyl (C=O) groups is 2. The van der Waals surface area contributed by atoms with Crippen molar-refractivity contribution in [3.8, 4) is 9.88 Å². The van der Waals surface area contributed by atoms with Gasteiger partial charge in [-0.3, -0.25) is 9.69 Å². The number of rotatable bonds is 6. The molecule has 0 N–H and O–H groups in total. The van der Waals surface area contributed by atoms with Gasteiger partial charge in [0.1, 0.15) is 9.88 Å². The minimum Gasteiger partial charge on any atom is -0.451 e. The number of para-hydroxylation sites is 1. The molecule has 0 saturated carbocycles. The Balaban J connectivity index is 1.45. The van der Waals surface area contributed by atoms with E-state index < -0.39 is 5.97 Å². The second kappa shape index (κ2) is 8.40. The number of hydrogen-bond acceptors (Lipinski definition) is 8. The lowest BCUT2D eigenvalue weighted by molar-refractivity contribution is -0.121. The summed E-state index contributed by atoms with van der Waals surface area (Å²) in [6.45, 7) is 3.74. The zero-order valence-corrected chi connectivity index (χ0v) is 18.2. The summed E-state index contributed by atoms with van der Waals surface area (Å²) >= 11 is 4.28. The third-order valence-electron chi connectivity index (χ3n) is 4.17. The summed E-state index contributed by atoms with van der Waals surface area (Å²) in [6.07, 6.45) is 0. The van der Waals surface area contributed by atoms with E-state index >= 15 is 0 Å². The van der Waals surface area contributed by atoms with Crippen LogP contribution in [0.25, 0.3) is 20.1 Å². The van der Waals surface area contributed by atoms with Gasteiger partial charge in [0.25, 0.3) is 5.91 Å². The Kier molecular flexibility index (Phi) is 5.70. The fraction of sp³-hybridized carbons (Fsp3) is 0.200. The highest BCUT2D eigenvalue weighted by atomic mass is 32.1.